The molecule has 0 saturated heterocycles. The molecule has 0 radical (unpaired) electrons. The van der Waals surface area contributed by atoms with Crippen molar-refractivity contribution in [1.82, 2.24) is 5.32 Å². The summed E-state index contributed by atoms with van der Waals surface area (Å²) < 4.78 is 32.3. The first-order chi connectivity index (χ1) is 13.0. The van der Waals surface area contributed by atoms with Crippen molar-refractivity contribution in [3.05, 3.63) is 64.2 Å². The van der Waals surface area contributed by atoms with Gasteiger partial charge in [-0.2, -0.15) is 0 Å². The van der Waals surface area contributed by atoms with Gasteiger partial charge in [-0.05, 0) is 73.1 Å². The lowest BCUT2D eigenvalue weighted by Gasteiger charge is -2.23. The molecule has 0 fully saturated rings. The van der Waals surface area contributed by atoms with Gasteiger partial charge in [0, 0.05) is 6.54 Å². The molecule has 0 saturated carbocycles. The average molecular weight is 374 g/mol. The number of hydrogen-bond acceptors (Lipinski definition) is 3. The van der Waals surface area contributed by atoms with E-state index in [2.05, 4.69) is 5.32 Å². The summed E-state index contributed by atoms with van der Waals surface area (Å²) in [6.07, 6.45) is 4.07. The third kappa shape index (κ3) is 4.63. The number of nitrogens with two attached hydrogens (primary N) is 1. The van der Waals surface area contributed by atoms with Crippen LogP contribution in [-0.2, 0) is 30.8 Å². The molecule has 0 bridgehead atoms. The van der Waals surface area contributed by atoms with E-state index >= 15 is 0 Å². The number of fused-ring (bicyclic) bond motifs is 1. The molecular weight excluding hydrogens is 350 g/mol. The molecule has 1 atom stereocenters. The van der Waals surface area contributed by atoms with E-state index in [1.165, 1.54) is 11.6 Å². The van der Waals surface area contributed by atoms with Crippen molar-refractivity contribution < 1.29 is 18.3 Å². The van der Waals surface area contributed by atoms with Crippen molar-refractivity contribution in [1.29, 1.82) is 0 Å². The Morgan fingerprint density at radius 2 is 1.89 bits per heavy atom. The van der Waals surface area contributed by atoms with Crippen LogP contribution in [-0.4, -0.2) is 11.9 Å². The van der Waals surface area contributed by atoms with E-state index in [9.17, 15) is 13.6 Å². The van der Waals surface area contributed by atoms with Gasteiger partial charge in [-0.15, -0.1) is 0 Å². The number of nitrogens with one attached hydrogen (secondary N) is 1. The Kier molecular flexibility index (Phi) is 6.06. The quantitative estimate of drug-likeness (QED) is 0.781. The summed E-state index contributed by atoms with van der Waals surface area (Å²) in [5, 5.41) is 3.14. The highest BCUT2D eigenvalue weighted by Gasteiger charge is 2.19. The van der Waals surface area contributed by atoms with Crippen LogP contribution in [0.2, 0.25) is 0 Å². The zero-order valence-corrected chi connectivity index (χ0v) is 15.4. The van der Waals surface area contributed by atoms with Crippen molar-refractivity contribution in [2.24, 2.45) is 5.73 Å². The van der Waals surface area contributed by atoms with Gasteiger partial charge in [-0.1, -0.05) is 12.1 Å². The van der Waals surface area contributed by atoms with Gasteiger partial charge in [0.1, 0.15) is 12.4 Å². The summed E-state index contributed by atoms with van der Waals surface area (Å²) in [5.41, 5.74) is 9.43. The van der Waals surface area contributed by atoms with Gasteiger partial charge in [0.25, 0.3) is 0 Å². The zero-order valence-electron chi connectivity index (χ0n) is 15.4. The fourth-order valence-electron chi connectivity index (χ4n) is 3.36. The van der Waals surface area contributed by atoms with Gasteiger partial charge in [-0.25, -0.2) is 8.78 Å². The second-order valence-corrected chi connectivity index (χ2v) is 6.93. The predicted octanol–water partition coefficient (Wildman–Crippen LogP) is 3.39. The summed E-state index contributed by atoms with van der Waals surface area (Å²) >= 11 is 0. The third-order valence-corrected chi connectivity index (χ3v) is 4.99. The van der Waals surface area contributed by atoms with Gasteiger partial charge in [-0.3, -0.25) is 4.79 Å². The van der Waals surface area contributed by atoms with Crippen LogP contribution in [0.3, 0.4) is 0 Å². The Morgan fingerprint density at radius 3 is 2.59 bits per heavy atom. The number of rotatable bonds is 7. The Balaban J connectivity index is 1.76. The predicted molar refractivity (Wildman–Crippen MR) is 99.3 cm³/mol. The first kappa shape index (κ1) is 19.3. The summed E-state index contributed by atoms with van der Waals surface area (Å²) in [5.74, 6) is -1.34. The Labute approximate surface area is 157 Å². The highest BCUT2D eigenvalue weighted by atomic mass is 19.2. The van der Waals surface area contributed by atoms with Gasteiger partial charge in [0.15, 0.2) is 11.6 Å². The molecule has 1 aliphatic carbocycles. The maximum Gasteiger partial charge on any atom is 0.234 e. The fraction of sp³-hybridized carbons (Fsp3) is 0.381. The molecule has 144 valence electrons. The Hall–Kier alpha value is -2.47. The lowest BCUT2D eigenvalue weighted by Crippen LogP contribution is -2.38. The number of hydrogen-bond donors (Lipinski definition) is 2. The van der Waals surface area contributed by atoms with Crippen molar-refractivity contribution in [2.45, 2.75) is 51.8 Å². The minimum atomic E-state index is -0.872. The molecule has 6 heteroatoms. The molecule has 0 aromatic heterocycles. The molecule has 1 aliphatic rings. The second kappa shape index (κ2) is 8.48. The summed E-state index contributed by atoms with van der Waals surface area (Å²) in [4.78, 5) is 11.2. The van der Waals surface area contributed by atoms with Gasteiger partial charge in [0.05, 0.1) is 6.04 Å². The molecule has 27 heavy (non-hydrogen) atoms. The van der Waals surface area contributed by atoms with E-state index in [1.54, 1.807) is 6.92 Å². The third-order valence-electron chi connectivity index (χ3n) is 4.99. The number of ether oxygens (including phenoxy) is 1. The topological polar surface area (TPSA) is 64.3 Å². The molecule has 2 aromatic carbocycles. The maximum absolute atomic E-state index is 13.4. The minimum Gasteiger partial charge on any atom is -0.489 e. The first-order valence-electron chi connectivity index (χ1n) is 9.18. The SMILES string of the molecule is C[C@H](NCc1ccc(OCc2ccc(F)c(F)c2)c2c1CCCC2)C(N)=O. The van der Waals surface area contributed by atoms with Crippen LogP contribution in [0, 0.1) is 11.6 Å². The normalized spacial score (nSPS) is 14.5. The van der Waals surface area contributed by atoms with E-state index in [0.29, 0.717) is 12.1 Å². The number of amides is 1. The largest absolute Gasteiger partial charge is 0.489 e. The molecule has 1 amide bonds. The summed E-state index contributed by atoms with van der Waals surface area (Å²) in [6.45, 7) is 2.49. The molecule has 0 heterocycles. The number of halogens is 2. The minimum absolute atomic E-state index is 0.181. The van der Waals surface area contributed by atoms with E-state index < -0.39 is 17.7 Å². The van der Waals surface area contributed by atoms with Crippen LogP contribution in [0.4, 0.5) is 8.78 Å². The zero-order chi connectivity index (χ0) is 19.4. The maximum atomic E-state index is 13.4. The second-order valence-electron chi connectivity index (χ2n) is 6.93. The van der Waals surface area contributed by atoms with E-state index in [4.69, 9.17) is 10.5 Å². The van der Waals surface area contributed by atoms with Crippen molar-refractivity contribution in [3.63, 3.8) is 0 Å². The van der Waals surface area contributed by atoms with Crippen LogP contribution in [0.15, 0.2) is 30.3 Å². The van der Waals surface area contributed by atoms with Gasteiger partial charge >= 0.3 is 0 Å². The van der Waals surface area contributed by atoms with Crippen molar-refractivity contribution in [3.8, 4) is 5.75 Å². The van der Waals surface area contributed by atoms with Crippen LogP contribution < -0.4 is 15.8 Å². The summed E-state index contributed by atoms with van der Waals surface area (Å²) in [6, 6.07) is 7.30. The summed E-state index contributed by atoms with van der Waals surface area (Å²) in [7, 11) is 0. The fourth-order valence-corrected chi connectivity index (χ4v) is 3.36. The number of carbonyl (C=O) groups excluding carboxylic acids is 1. The van der Waals surface area contributed by atoms with Crippen LogP contribution in [0.1, 0.15) is 42.0 Å². The molecule has 3 N–H and O–H groups in total. The van der Waals surface area contributed by atoms with E-state index in [1.807, 2.05) is 12.1 Å². The van der Waals surface area contributed by atoms with Crippen LogP contribution in [0.5, 0.6) is 5.75 Å². The van der Waals surface area contributed by atoms with E-state index in [0.717, 1.165) is 54.7 Å². The number of benzene rings is 2. The number of primary amides is 1. The molecule has 2 aromatic rings. The Morgan fingerprint density at radius 1 is 1.15 bits per heavy atom. The molecule has 3 rings (SSSR count). The highest BCUT2D eigenvalue weighted by molar-refractivity contribution is 5.79. The highest BCUT2D eigenvalue weighted by Crippen LogP contribution is 2.33. The lowest BCUT2D eigenvalue weighted by atomic mass is 9.87. The Bertz CT molecular complexity index is 839. The smallest absolute Gasteiger partial charge is 0.234 e. The lowest BCUT2D eigenvalue weighted by molar-refractivity contribution is -0.119. The average Bonchev–Trinajstić information content (AvgIpc) is 2.67. The van der Waals surface area contributed by atoms with Gasteiger partial charge < -0.3 is 15.8 Å². The van der Waals surface area contributed by atoms with Crippen LogP contribution in [0.25, 0.3) is 0 Å². The van der Waals surface area contributed by atoms with E-state index in [-0.39, 0.29) is 12.5 Å². The molecule has 0 spiro atoms. The van der Waals surface area contributed by atoms with Gasteiger partial charge in [0.2, 0.25) is 5.91 Å². The monoisotopic (exact) mass is 374 g/mol. The van der Waals surface area contributed by atoms with Crippen molar-refractivity contribution >= 4 is 5.91 Å². The number of carbonyl (C=O) groups is 1. The molecule has 0 aliphatic heterocycles. The van der Waals surface area contributed by atoms with Crippen molar-refractivity contribution in [2.75, 3.05) is 0 Å². The molecule has 0 unspecified atom stereocenters. The standard InChI is InChI=1S/C21H24F2N2O2/c1-13(21(24)26)25-11-15-7-9-20(17-5-3-2-4-16(15)17)27-12-14-6-8-18(22)19(23)10-14/h6-10,13,25H,2-5,11-12H2,1H3,(H2,24,26)/t13-/m0/s1. The van der Waals surface area contributed by atoms with Crippen LogP contribution >= 0.6 is 0 Å². The molecule has 4 nitrogen and oxygen atoms in total. The first-order valence-corrected chi connectivity index (χ1v) is 9.18. The molecular formula is C21H24F2N2O2.